The average molecular weight is 407 g/mol. The Labute approximate surface area is 154 Å². The van der Waals surface area contributed by atoms with Crippen LogP contribution in [0.4, 0.5) is 22.0 Å². The van der Waals surface area contributed by atoms with Crippen molar-refractivity contribution in [1.82, 2.24) is 0 Å². The lowest BCUT2D eigenvalue weighted by Gasteiger charge is -2.24. The lowest BCUT2D eigenvalue weighted by Crippen LogP contribution is -2.19. The summed E-state index contributed by atoms with van der Waals surface area (Å²) in [5, 5.41) is 0. The van der Waals surface area contributed by atoms with Gasteiger partial charge >= 0.3 is 6.36 Å². The second kappa shape index (κ2) is 7.56. The fourth-order valence-corrected chi connectivity index (χ4v) is 5.85. The van der Waals surface area contributed by atoms with E-state index in [0.29, 0.717) is 11.5 Å². The van der Waals surface area contributed by atoms with Crippen LogP contribution < -0.4 is 4.74 Å². The molecule has 0 unspecified atom stereocenters. The summed E-state index contributed by atoms with van der Waals surface area (Å²) in [7, 11) is -1.05. The van der Waals surface area contributed by atoms with Gasteiger partial charge in [-0.1, -0.05) is 24.3 Å². The Hall–Kier alpha value is -1.60. The second-order valence-electron chi connectivity index (χ2n) is 6.39. The van der Waals surface area contributed by atoms with Crippen LogP contribution in [0.2, 0.25) is 12.1 Å². The monoisotopic (exact) mass is 406 g/mol. The van der Waals surface area contributed by atoms with Crippen molar-refractivity contribution in [2.75, 3.05) is 0 Å². The number of ether oxygens (including phenoxy) is 1. The summed E-state index contributed by atoms with van der Waals surface area (Å²) in [6, 6.07) is 11.1. The minimum Gasteiger partial charge on any atom is -0.399 e. The van der Waals surface area contributed by atoms with Gasteiger partial charge in [0.25, 0.3) is 0 Å². The predicted octanol–water partition coefficient (Wildman–Crippen LogP) is 6.37. The number of hydrogen-bond acceptors (Lipinski definition) is 1. The van der Waals surface area contributed by atoms with Gasteiger partial charge in [0.2, 0.25) is 5.75 Å². The zero-order chi connectivity index (χ0) is 18.9. The van der Waals surface area contributed by atoms with Crippen molar-refractivity contribution >= 4 is 19.2 Å². The molecule has 1 heterocycles. The maximum Gasteiger partial charge on any atom is 0.573 e. The normalized spacial score (nSPS) is 20.8. The summed E-state index contributed by atoms with van der Waals surface area (Å²) in [6.45, 7) is 0. The molecule has 8 heteroatoms. The molecular weight excluding hydrogens is 391 g/mol. The Kier molecular flexibility index (Phi) is 5.57. The summed E-state index contributed by atoms with van der Waals surface area (Å²) in [5.74, 6) is -3.80. The van der Waals surface area contributed by atoms with E-state index < -0.39 is 31.9 Å². The second-order valence-corrected chi connectivity index (χ2v) is 10.6. The number of hydrogen-bond donors (Lipinski definition) is 0. The molecule has 0 bridgehead atoms. The standard InChI is InChI=1S/C18H16ClF5OSi/c19-26-7-5-13(6-8-26)11-1-3-12(4-2-11)14-9-15(20)17(16(21)10-14)25-18(22,23)24/h1-4,9-10,13,26H,5-8H2. The Bertz CT molecular complexity index is 747. The van der Waals surface area contributed by atoms with E-state index in [1.54, 1.807) is 12.1 Å². The minimum absolute atomic E-state index is 0.151. The van der Waals surface area contributed by atoms with Gasteiger partial charge in [-0.25, -0.2) is 8.78 Å². The molecular formula is C18H16ClF5OSi. The van der Waals surface area contributed by atoms with Gasteiger partial charge in [-0.2, -0.15) is 11.1 Å². The predicted molar refractivity (Wildman–Crippen MR) is 93.1 cm³/mol. The summed E-state index contributed by atoms with van der Waals surface area (Å²) >= 11 is 6.24. The van der Waals surface area contributed by atoms with Crippen molar-refractivity contribution in [3.05, 3.63) is 53.6 Å². The third kappa shape index (κ3) is 4.56. The van der Waals surface area contributed by atoms with Gasteiger partial charge < -0.3 is 4.74 Å². The zero-order valence-electron chi connectivity index (χ0n) is 13.6. The Morgan fingerprint density at radius 3 is 1.96 bits per heavy atom. The topological polar surface area (TPSA) is 9.23 Å². The van der Waals surface area contributed by atoms with Crippen molar-refractivity contribution in [1.29, 1.82) is 0 Å². The molecule has 1 aliphatic rings. The minimum atomic E-state index is -5.16. The molecule has 1 fully saturated rings. The van der Waals surface area contributed by atoms with Crippen molar-refractivity contribution in [2.24, 2.45) is 0 Å². The first-order valence-corrected chi connectivity index (χ1v) is 11.6. The molecule has 3 rings (SSSR count). The molecule has 2 aromatic carbocycles. The molecule has 0 spiro atoms. The van der Waals surface area contributed by atoms with Gasteiger partial charge in [0.15, 0.2) is 11.6 Å². The van der Waals surface area contributed by atoms with Crippen LogP contribution in [0.15, 0.2) is 36.4 Å². The summed E-state index contributed by atoms with van der Waals surface area (Å²) in [4.78, 5) is 0. The third-order valence-corrected chi connectivity index (χ3v) is 7.82. The van der Waals surface area contributed by atoms with E-state index in [-0.39, 0.29) is 5.56 Å². The number of benzene rings is 2. The molecule has 0 aromatic heterocycles. The van der Waals surface area contributed by atoms with Crippen LogP contribution in [-0.2, 0) is 0 Å². The van der Waals surface area contributed by atoms with Gasteiger partial charge in [-0.15, -0.1) is 13.2 Å². The summed E-state index contributed by atoms with van der Waals surface area (Å²) in [6.07, 6.45) is -3.06. The lowest BCUT2D eigenvalue weighted by molar-refractivity contribution is -0.276. The highest BCUT2D eigenvalue weighted by Gasteiger charge is 2.34. The van der Waals surface area contributed by atoms with E-state index in [1.807, 2.05) is 12.1 Å². The molecule has 0 aliphatic carbocycles. The highest BCUT2D eigenvalue weighted by molar-refractivity contribution is 7.07. The highest BCUT2D eigenvalue weighted by Crippen LogP contribution is 2.36. The largest absolute Gasteiger partial charge is 0.573 e. The van der Waals surface area contributed by atoms with Crippen molar-refractivity contribution in [3.8, 4) is 16.9 Å². The van der Waals surface area contributed by atoms with Gasteiger partial charge in [-0.3, -0.25) is 0 Å². The zero-order valence-corrected chi connectivity index (χ0v) is 15.5. The van der Waals surface area contributed by atoms with Crippen LogP contribution in [0.25, 0.3) is 11.1 Å². The molecule has 0 saturated carbocycles. The first kappa shape index (κ1) is 19.2. The quantitative estimate of drug-likeness (QED) is 0.327. The molecule has 0 radical (unpaired) electrons. The van der Waals surface area contributed by atoms with Crippen LogP contribution >= 0.6 is 11.1 Å². The Balaban J connectivity index is 1.81. The average Bonchev–Trinajstić information content (AvgIpc) is 2.58. The molecule has 26 heavy (non-hydrogen) atoms. The first-order chi connectivity index (χ1) is 12.2. The van der Waals surface area contributed by atoms with E-state index in [9.17, 15) is 22.0 Å². The van der Waals surface area contributed by atoms with E-state index >= 15 is 0 Å². The smallest absolute Gasteiger partial charge is 0.399 e. The molecule has 2 aromatic rings. The van der Waals surface area contributed by atoms with Gasteiger partial charge in [0.05, 0.1) is 0 Å². The fraction of sp³-hybridized carbons (Fsp3) is 0.333. The Morgan fingerprint density at radius 1 is 0.923 bits per heavy atom. The lowest BCUT2D eigenvalue weighted by atomic mass is 9.92. The van der Waals surface area contributed by atoms with Crippen LogP contribution in [0.5, 0.6) is 5.75 Å². The SMILES string of the molecule is Fc1cc(-c2ccc(C3CC[SiH](Cl)CC3)cc2)cc(F)c1OC(F)(F)F. The summed E-state index contributed by atoms with van der Waals surface area (Å²) in [5.41, 5.74) is 1.81. The molecule has 0 amide bonds. The van der Waals surface area contributed by atoms with Crippen LogP contribution in [0.1, 0.15) is 24.3 Å². The molecule has 1 aliphatic heterocycles. The number of halogens is 6. The van der Waals surface area contributed by atoms with E-state index in [0.717, 1.165) is 42.6 Å². The summed E-state index contributed by atoms with van der Waals surface area (Å²) < 4.78 is 67.8. The van der Waals surface area contributed by atoms with Gasteiger partial charge in [0.1, 0.15) is 8.11 Å². The Morgan fingerprint density at radius 2 is 1.46 bits per heavy atom. The van der Waals surface area contributed by atoms with Crippen molar-refractivity contribution in [3.63, 3.8) is 0 Å². The van der Waals surface area contributed by atoms with Crippen LogP contribution in [0.3, 0.4) is 0 Å². The van der Waals surface area contributed by atoms with E-state index in [4.69, 9.17) is 11.1 Å². The highest BCUT2D eigenvalue weighted by atomic mass is 35.6. The number of alkyl halides is 3. The number of rotatable bonds is 3. The third-order valence-electron chi connectivity index (χ3n) is 4.59. The van der Waals surface area contributed by atoms with Crippen LogP contribution in [0, 0.1) is 11.6 Å². The van der Waals surface area contributed by atoms with Gasteiger partial charge in [0, 0.05) is 0 Å². The van der Waals surface area contributed by atoms with Crippen molar-refractivity contribution < 1.29 is 26.7 Å². The maximum absolute atomic E-state index is 13.9. The molecule has 1 saturated heterocycles. The van der Waals surface area contributed by atoms with Gasteiger partial charge in [-0.05, 0) is 59.7 Å². The molecule has 0 atom stereocenters. The fourth-order valence-electron chi connectivity index (χ4n) is 3.27. The maximum atomic E-state index is 13.9. The molecule has 140 valence electrons. The van der Waals surface area contributed by atoms with E-state index in [1.165, 1.54) is 0 Å². The van der Waals surface area contributed by atoms with E-state index in [2.05, 4.69) is 4.74 Å². The van der Waals surface area contributed by atoms with Crippen LogP contribution in [-0.4, -0.2) is 14.5 Å². The molecule has 1 nitrogen and oxygen atoms in total. The van der Waals surface area contributed by atoms with Crippen molar-refractivity contribution in [2.45, 2.75) is 37.2 Å². The first-order valence-electron chi connectivity index (χ1n) is 8.22. The molecule has 0 N–H and O–H groups in total.